The molecule has 0 radical (unpaired) electrons. The molecule has 0 unspecified atom stereocenters. The standard InChI is InChI=1S/C20H16Cl2N2O3/c1-2-9-24-19(25)17(23-20(24)26)10-13-5-3-4-6-18(13)27-12-14-7-8-15(21)11-16(14)22/h2-8,10-11H,1,9,12H2,(H,23,26)/b17-10+. The average molecular weight is 403 g/mol. The fourth-order valence-electron chi connectivity index (χ4n) is 2.55. The van der Waals surface area contributed by atoms with Crippen LogP contribution in [0.2, 0.25) is 10.0 Å². The van der Waals surface area contributed by atoms with Gasteiger partial charge >= 0.3 is 6.03 Å². The van der Waals surface area contributed by atoms with Crippen LogP contribution in [0.15, 0.2) is 60.8 Å². The van der Waals surface area contributed by atoms with E-state index in [0.29, 0.717) is 21.4 Å². The van der Waals surface area contributed by atoms with Crippen LogP contribution in [0.5, 0.6) is 5.75 Å². The average Bonchev–Trinajstić information content (AvgIpc) is 2.90. The zero-order valence-electron chi connectivity index (χ0n) is 14.2. The van der Waals surface area contributed by atoms with Gasteiger partial charge in [-0.3, -0.25) is 9.69 Å². The summed E-state index contributed by atoms with van der Waals surface area (Å²) in [7, 11) is 0. The van der Waals surface area contributed by atoms with Crippen molar-refractivity contribution in [3.05, 3.63) is 82.0 Å². The van der Waals surface area contributed by atoms with Crippen molar-refractivity contribution >= 4 is 41.2 Å². The number of rotatable bonds is 6. The lowest BCUT2D eigenvalue weighted by atomic mass is 10.1. The van der Waals surface area contributed by atoms with Crippen molar-refractivity contribution in [2.24, 2.45) is 0 Å². The predicted molar refractivity (Wildman–Crippen MR) is 106 cm³/mol. The molecule has 0 bridgehead atoms. The van der Waals surface area contributed by atoms with Crippen molar-refractivity contribution in [3.63, 3.8) is 0 Å². The minimum atomic E-state index is -0.475. The van der Waals surface area contributed by atoms with E-state index in [9.17, 15) is 9.59 Å². The summed E-state index contributed by atoms with van der Waals surface area (Å²) in [6.07, 6.45) is 3.08. The van der Waals surface area contributed by atoms with E-state index in [2.05, 4.69) is 11.9 Å². The molecule has 138 valence electrons. The van der Waals surface area contributed by atoms with Crippen molar-refractivity contribution in [1.82, 2.24) is 10.2 Å². The fourth-order valence-corrected chi connectivity index (χ4v) is 3.01. The molecule has 3 amide bonds. The van der Waals surface area contributed by atoms with Gasteiger partial charge in [-0.05, 0) is 24.3 Å². The second-order valence-electron chi connectivity index (χ2n) is 5.75. The Bertz CT molecular complexity index is 941. The number of hydrogen-bond donors (Lipinski definition) is 1. The number of hydrogen-bond acceptors (Lipinski definition) is 3. The smallest absolute Gasteiger partial charge is 0.329 e. The molecule has 0 saturated carbocycles. The lowest BCUT2D eigenvalue weighted by Crippen LogP contribution is -2.30. The summed E-state index contributed by atoms with van der Waals surface area (Å²) in [4.78, 5) is 25.3. The summed E-state index contributed by atoms with van der Waals surface area (Å²) in [5.74, 6) is 0.149. The Morgan fingerprint density at radius 1 is 1.15 bits per heavy atom. The van der Waals surface area contributed by atoms with E-state index in [0.717, 1.165) is 10.5 Å². The lowest BCUT2D eigenvalue weighted by Gasteiger charge is -2.11. The highest BCUT2D eigenvalue weighted by Crippen LogP contribution is 2.26. The molecule has 0 atom stereocenters. The quantitative estimate of drug-likeness (QED) is 0.434. The van der Waals surface area contributed by atoms with Crippen LogP contribution in [0.4, 0.5) is 4.79 Å². The van der Waals surface area contributed by atoms with Gasteiger partial charge in [0.1, 0.15) is 18.1 Å². The van der Waals surface area contributed by atoms with Crippen LogP contribution in [0.1, 0.15) is 11.1 Å². The number of nitrogens with zero attached hydrogens (tertiary/aromatic N) is 1. The molecule has 1 aliphatic rings. The molecule has 3 rings (SSSR count). The molecule has 1 aliphatic heterocycles. The summed E-state index contributed by atoms with van der Waals surface area (Å²) >= 11 is 12.1. The Hall–Kier alpha value is -2.76. The Balaban J connectivity index is 1.81. The number of amides is 3. The van der Waals surface area contributed by atoms with Gasteiger partial charge in [0.05, 0.1) is 0 Å². The Kier molecular flexibility index (Phi) is 5.84. The maximum Gasteiger partial charge on any atom is 0.329 e. The van der Waals surface area contributed by atoms with Gasteiger partial charge in [-0.2, -0.15) is 0 Å². The van der Waals surface area contributed by atoms with Crippen molar-refractivity contribution in [2.75, 3.05) is 6.54 Å². The van der Waals surface area contributed by atoms with Crippen LogP contribution in [-0.2, 0) is 11.4 Å². The number of carbonyl (C=O) groups excluding carboxylic acids is 2. The maximum absolute atomic E-state index is 12.3. The number of para-hydroxylation sites is 1. The molecule has 2 aromatic carbocycles. The molecule has 0 spiro atoms. The van der Waals surface area contributed by atoms with E-state index < -0.39 is 11.9 Å². The zero-order valence-corrected chi connectivity index (χ0v) is 15.8. The summed E-state index contributed by atoms with van der Waals surface area (Å²) in [6, 6.07) is 11.9. The first-order valence-electron chi connectivity index (χ1n) is 8.11. The number of urea groups is 1. The van der Waals surface area contributed by atoms with Crippen LogP contribution in [0, 0.1) is 0 Å². The van der Waals surface area contributed by atoms with Gasteiger partial charge in [0.25, 0.3) is 5.91 Å². The third kappa shape index (κ3) is 4.32. The van der Waals surface area contributed by atoms with Gasteiger partial charge in [-0.15, -0.1) is 6.58 Å². The van der Waals surface area contributed by atoms with E-state index in [-0.39, 0.29) is 18.8 Å². The number of nitrogens with one attached hydrogen (secondary N) is 1. The molecule has 1 fully saturated rings. The molecule has 1 saturated heterocycles. The molecule has 7 heteroatoms. The summed E-state index contributed by atoms with van der Waals surface area (Å²) in [5, 5.41) is 3.62. The first-order valence-corrected chi connectivity index (χ1v) is 8.86. The lowest BCUT2D eigenvalue weighted by molar-refractivity contribution is -0.122. The largest absolute Gasteiger partial charge is 0.488 e. The Morgan fingerprint density at radius 2 is 1.93 bits per heavy atom. The van der Waals surface area contributed by atoms with Crippen LogP contribution in [0.3, 0.4) is 0 Å². The van der Waals surface area contributed by atoms with E-state index in [1.165, 1.54) is 6.08 Å². The van der Waals surface area contributed by atoms with Gasteiger partial charge < -0.3 is 10.1 Å². The summed E-state index contributed by atoms with van der Waals surface area (Å²) in [6.45, 7) is 3.93. The van der Waals surface area contributed by atoms with E-state index in [1.54, 1.807) is 36.4 Å². The van der Waals surface area contributed by atoms with Crippen molar-refractivity contribution in [3.8, 4) is 5.75 Å². The fraction of sp³-hybridized carbons (Fsp3) is 0.100. The minimum absolute atomic E-state index is 0.148. The van der Waals surface area contributed by atoms with Crippen molar-refractivity contribution in [2.45, 2.75) is 6.61 Å². The molecule has 1 heterocycles. The topological polar surface area (TPSA) is 58.6 Å². The number of ether oxygens (including phenoxy) is 1. The first-order chi connectivity index (χ1) is 13.0. The van der Waals surface area contributed by atoms with Crippen LogP contribution in [0.25, 0.3) is 6.08 Å². The Morgan fingerprint density at radius 3 is 2.67 bits per heavy atom. The normalized spacial score (nSPS) is 15.2. The number of benzene rings is 2. The van der Waals surface area contributed by atoms with Gasteiger partial charge in [-0.1, -0.05) is 53.5 Å². The highest BCUT2D eigenvalue weighted by Gasteiger charge is 2.32. The minimum Gasteiger partial charge on any atom is -0.488 e. The van der Waals surface area contributed by atoms with Gasteiger partial charge in [0.2, 0.25) is 0 Å². The highest BCUT2D eigenvalue weighted by atomic mass is 35.5. The van der Waals surface area contributed by atoms with Crippen molar-refractivity contribution < 1.29 is 14.3 Å². The highest BCUT2D eigenvalue weighted by molar-refractivity contribution is 6.35. The molecular formula is C20H16Cl2N2O3. The number of halogens is 2. The van der Waals surface area contributed by atoms with E-state index >= 15 is 0 Å². The first kappa shape index (κ1) is 19.0. The van der Waals surface area contributed by atoms with Crippen LogP contribution >= 0.6 is 23.2 Å². The molecule has 5 nitrogen and oxygen atoms in total. The second-order valence-corrected chi connectivity index (χ2v) is 6.60. The summed E-state index contributed by atoms with van der Waals surface area (Å²) < 4.78 is 5.86. The third-order valence-corrected chi connectivity index (χ3v) is 4.48. The molecule has 0 aliphatic carbocycles. The van der Waals surface area contributed by atoms with Crippen LogP contribution < -0.4 is 10.1 Å². The predicted octanol–water partition coefficient (Wildman–Crippen LogP) is 4.65. The third-order valence-electron chi connectivity index (χ3n) is 3.89. The Labute approximate surface area is 166 Å². The molecule has 2 aromatic rings. The zero-order chi connectivity index (χ0) is 19.4. The van der Waals surface area contributed by atoms with Gasteiger partial charge in [-0.25, -0.2) is 4.79 Å². The van der Waals surface area contributed by atoms with E-state index in [4.69, 9.17) is 27.9 Å². The van der Waals surface area contributed by atoms with E-state index in [1.807, 2.05) is 12.1 Å². The number of carbonyl (C=O) groups is 2. The van der Waals surface area contributed by atoms with Gasteiger partial charge in [0.15, 0.2) is 0 Å². The second kappa shape index (κ2) is 8.29. The number of imide groups is 1. The SMILES string of the molecule is C=CCN1C(=O)N/C(=C/c2ccccc2OCc2ccc(Cl)cc2Cl)C1=O. The molecule has 0 aromatic heterocycles. The van der Waals surface area contributed by atoms with Gasteiger partial charge in [0, 0.05) is 27.7 Å². The molecule has 1 N–H and O–H groups in total. The maximum atomic E-state index is 12.3. The monoisotopic (exact) mass is 402 g/mol. The molecule has 27 heavy (non-hydrogen) atoms. The summed E-state index contributed by atoms with van der Waals surface area (Å²) in [5.41, 5.74) is 1.63. The molecular weight excluding hydrogens is 387 g/mol. The van der Waals surface area contributed by atoms with Crippen LogP contribution in [-0.4, -0.2) is 23.4 Å². The van der Waals surface area contributed by atoms with Crippen molar-refractivity contribution in [1.29, 1.82) is 0 Å².